The lowest BCUT2D eigenvalue weighted by atomic mass is 9.92. The Morgan fingerprint density at radius 1 is 1.25 bits per heavy atom. The van der Waals surface area contributed by atoms with Crippen LogP contribution in [0.3, 0.4) is 0 Å². The molecular formula is C20H27FN4O3. The molecule has 1 aromatic heterocycles. The van der Waals surface area contributed by atoms with Crippen LogP contribution in [0, 0.1) is 5.82 Å². The molecule has 8 heteroatoms. The lowest BCUT2D eigenvalue weighted by Crippen LogP contribution is -2.39. The van der Waals surface area contributed by atoms with E-state index >= 15 is 0 Å². The van der Waals surface area contributed by atoms with E-state index in [9.17, 15) is 14.0 Å². The zero-order chi connectivity index (χ0) is 20.9. The molecule has 7 nitrogen and oxygen atoms in total. The van der Waals surface area contributed by atoms with E-state index in [1.165, 1.54) is 24.1 Å². The molecule has 0 radical (unpaired) electrons. The van der Waals surface area contributed by atoms with Crippen LogP contribution in [0.4, 0.5) is 10.2 Å². The number of nitrogens with zero attached hydrogens (tertiary/aromatic N) is 3. The van der Waals surface area contributed by atoms with Gasteiger partial charge in [-0.25, -0.2) is 9.07 Å². The number of hydrogen-bond donors (Lipinski definition) is 1. The normalized spacial score (nSPS) is 11.4. The van der Waals surface area contributed by atoms with Crippen LogP contribution in [0.2, 0.25) is 0 Å². The highest BCUT2D eigenvalue weighted by Gasteiger charge is 2.22. The van der Waals surface area contributed by atoms with E-state index in [0.29, 0.717) is 18.1 Å². The van der Waals surface area contributed by atoms with Gasteiger partial charge in [0.15, 0.2) is 0 Å². The van der Waals surface area contributed by atoms with Crippen molar-refractivity contribution in [2.45, 2.75) is 33.1 Å². The van der Waals surface area contributed by atoms with Gasteiger partial charge in [-0.2, -0.15) is 5.10 Å². The van der Waals surface area contributed by atoms with Gasteiger partial charge in [0.1, 0.15) is 18.2 Å². The fourth-order valence-electron chi connectivity index (χ4n) is 2.56. The third kappa shape index (κ3) is 5.39. The monoisotopic (exact) mass is 390 g/mol. The zero-order valence-corrected chi connectivity index (χ0v) is 17.0. The quantitative estimate of drug-likeness (QED) is 0.789. The first kappa shape index (κ1) is 21.6. The number of aromatic nitrogens is 2. The van der Waals surface area contributed by atoms with Crippen molar-refractivity contribution in [2.75, 3.05) is 32.1 Å². The number of likely N-dealkylation sites (N-methyl/N-ethyl adjacent to an activating group) is 1. The number of amides is 2. The van der Waals surface area contributed by atoms with Gasteiger partial charge in [-0.1, -0.05) is 20.8 Å². The van der Waals surface area contributed by atoms with Gasteiger partial charge in [0.05, 0.1) is 17.9 Å². The second-order valence-electron chi connectivity index (χ2n) is 7.44. The second-order valence-corrected chi connectivity index (χ2v) is 7.44. The van der Waals surface area contributed by atoms with Gasteiger partial charge < -0.3 is 15.0 Å². The van der Waals surface area contributed by atoms with Crippen LogP contribution in [-0.4, -0.2) is 53.3 Å². The van der Waals surface area contributed by atoms with E-state index in [4.69, 9.17) is 4.74 Å². The standard InChI is InChI=1S/C20H27FN4O3/c1-6-24(19(27)13-28-5)12-18(26)22-17-11-16(20(2,3)4)23-25(17)15-9-7-14(21)8-10-15/h7-11H,6,12-13H2,1-5H3,(H,22,26). The molecule has 0 aliphatic rings. The van der Waals surface area contributed by atoms with Gasteiger partial charge in [-0.3, -0.25) is 9.59 Å². The second kappa shape index (κ2) is 8.97. The smallest absolute Gasteiger partial charge is 0.249 e. The van der Waals surface area contributed by atoms with E-state index in [0.717, 1.165) is 5.69 Å². The van der Waals surface area contributed by atoms with Crippen molar-refractivity contribution in [3.63, 3.8) is 0 Å². The number of methoxy groups -OCH3 is 1. The first-order valence-electron chi connectivity index (χ1n) is 9.08. The molecule has 152 valence electrons. The SMILES string of the molecule is CCN(CC(=O)Nc1cc(C(C)(C)C)nn1-c1ccc(F)cc1)C(=O)COC. The van der Waals surface area contributed by atoms with Crippen LogP contribution in [-0.2, 0) is 19.7 Å². The Bertz CT molecular complexity index is 825. The Morgan fingerprint density at radius 2 is 1.89 bits per heavy atom. The summed E-state index contributed by atoms with van der Waals surface area (Å²) in [7, 11) is 1.43. The van der Waals surface area contributed by atoms with Crippen molar-refractivity contribution < 1.29 is 18.7 Å². The summed E-state index contributed by atoms with van der Waals surface area (Å²) in [4.78, 5) is 25.9. The van der Waals surface area contributed by atoms with E-state index in [1.54, 1.807) is 29.8 Å². The molecule has 2 amide bonds. The van der Waals surface area contributed by atoms with Crippen LogP contribution in [0.5, 0.6) is 0 Å². The Balaban J connectivity index is 2.28. The van der Waals surface area contributed by atoms with Gasteiger partial charge in [-0.05, 0) is 31.2 Å². The molecule has 0 atom stereocenters. The van der Waals surface area contributed by atoms with E-state index in [1.807, 2.05) is 20.8 Å². The fourth-order valence-corrected chi connectivity index (χ4v) is 2.56. The summed E-state index contributed by atoms with van der Waals surface area (Å²) in [6.45, 7) is 8.04. The van der Waals surface area contributed by atoms with Crippen LogP contribution in [0.1, 0.15) is 33.4 Å². The molecule has 0 unspecified atom stereocenters. The van der Waals surface area contributed by atoms with Crippen LogP contribution < -0.4 is 5.32 Å². The third-order valence-corrected chi connectivity index (χ3v) is 4.15. The molecule has 1 heterocycles. The molecule has 2 rings (SSSR count). The summed E-state index contributed by atoms with van der Waals surface area (Å²) in [5, 5.41) is 7.39. The van der Waals surface area contributed by atoms with Crippen molar-refractivity contribution in [3.8, 4) is 5.69 Å². The number of carbonyl (C=O) groups is 2. The molecule has 0 fully saturated rings. The van der Waals surface area contributed by atoms with Crippen molar-refractivity contribution >= 4 is 17.6 Å². The number of halogens is 1. The maximum Gasteiger partial charge on any atom is 0.249 e. The maximum atomic E-state index is 13.3. The predicted octanol–water partition coefficient (Wildman–Crippen LogP) is 2.74. The van der Waals surface area contributed by atoms with Gasteiger partial charge >= 0.3 is 0 Å². The van der Waals surface area contributed by atoms with Gasteiger partial charge in [0, 0.05) is 25.1 Å². The lowest BCUT2D eigenvalue weighted by molar-refractivity contribution is -0.137. The molecule has 0 spiro atoms. The number of anilines is 1. The highest BCUT2D eigenvalue weighted by Crippen LogP contribution is 2.26. The topological polar surface area (TPSA) is 76.5 Å². The summed E-state index contributed by atoms with van der Waals surface area (Å²) in [6, 6.07) is 7.63. The molecule has 0 bridgehead atoms. The van der Waals surface area contributed by atoms with Crippen LogP contribution >= 0.6 is 0 Å². The summed E-state index contributed by atoms with van der Waals surface area (Å²) >= 11 is 0. The molecule has 1 aromatic carbocycles. The molecule has 0 saturated carbocycles. The maximum absolute atomic E-state index is 13.3. The molecule has 2 aromatic rings. The summed E-state index contributed by atoms with van der Waals surface area (Å²) in [6.07, 6.45) is 0. The summed E-state index contributed by atoms with van der Waals surface area (Å²) in [5.74, 6) is -0.512. The van der Waals surface area contributed by atoms with Crippen molar-refractivity contribution in [1.29, 1.82) is 0 Å². The van der Waals surface area contributed by atoms with E-state index in [-0.39, 0.29) is 36.2 Å². The third-order valence-electron chi connectivity index (χ3n) is 4.15. The highest BCUT2D eigenvalue weighted by atomic mass is 19.1. The van der Waals surface area contributed by atoms with Crippen molar-refractivity contribution in [1.82, 2.24) is 14.7 Å². The average molecular weight is 390 g/mol. The number of nitrogens with one attached hydrogen (secondary N) is 1. The first-order valence-corrected chi connectivity index (χ1v) is 9.08. The highest BCUT2D eigenvalue weighted by molar-refractivity contribution is 5.94. The first-order chi connectivity index (χ1) is 13.2. The number of benzene rings is 1. The fraction of sp³-hybridized carbons (Fsp3) is 0.450. The van der Waals surface area contributed by atoms with Gasteiger partial charge in [0.2, 0.25) is 11.8 Å². The van der Waals surface area contributed by atoms with Crippen molar-refractivity contribution in [2.24, 2.45) is 0 Å². The largest absolute Gasteiger partial charge is 0.375 e. The van der Waals surface area contributed by atoms with Crippen molar-refractivity contribution in [3.05, 3.63) is 41.8 Å². The Hall–Kier alpha value is -2.74. The van der Waals surface area contributed by atoms with Crippen LogP contribution in [0.25, 0.3) is 5.69 Å². The zero-order valence-electron chi connectivity index (χ0n) is 17.0. The number of ether oxygens (including phenoxy) is 1. The summed E-state index contributed by atoms with van der Waals surface area (Å²) in [5.41, 5.74) is 1.15. The number of rotatable bonds is 7. The summed E-state index contributed by atoms with van der Waals surface area (Å²) < 4.78 is 19.7. The van der Waals surface area contributed by atoms with E-state index in [2.05, 4.69) is 10.4 Å². The lowest BCUT2D eigenvalue weighted by Gasteiger charge is -2.20. The minimum absolute atomic E-state index is 0.0806. The number of hydrogen-bond acceptors (Lipinski definition) is 4. The predicted molar refractivity (Wildman–Crippen MR) is 105 cm³/mol. The molecule has 0 aliphatic carbocycles. The van der Waals surface area contributed by atoms with E-state index < -0.39 is 0 Å². The Kier molecular flexibility index (Phi) is 6.90. The molecular weight excluding hydrogens is 363 g/mol. The minimum atomic E-state index is -0.354. The number of carbonyl (C=O) groups excluding carboxylic acids is 2. The van der Waals surface area contributed by atoms with Gasteiger partial charge in [0.25, 0.3) is 0 Å². The minimum Gasteiger partial charge on any atom is -0.375 e. The molecule has 28 heavy (non-hydrogen) atoms. The molecule has 0 saturated heterocycles. The average Bonchev–Trinajstić information content (AvgIpc) is 3.04. The molecule has 1 N–H and O–H groups in total. The molecule has 0 aliphatic heterocycles. The Labute approximate surface area is 164 Å². The van der Waals surface area contributed by atoms with Gasteiger partial charge in [-0.15, -0.1) is 0 Å². The Morgan fingerprint density at radius 3 is 2.43 bits per heavy atom. The van der Waals surface area contributed by atoms with Crippen LogP contribution in [0.15, 0.2) is 30.3 Å².